The zero-order chi connectivity index (χ0) is 19.6. The highest BCUT2D eigenvalue weighted by Gasteiger charge is 2.27. The van der Waals surface area contributed by atoms with Crippen molar-refractivity contribution in [3.63, 3.8) is 0 Å². The van der Waals surface area contributed by atoms with Crippen molar-refractivity contribution in [3.05, 3.63) is 51.5 Å². The lowest BCUT2D eigenvalue weighted by Gasteiger charge is -2.35. The molecule has 1 aliphatic heterocycles. The van der Waals surface area contributed by atoms with Gasteiger partial charge in [-0.25, -0.2) is 0 Å². The summed E-state index contributed by atoms with van der Waals surface area (Å²) < 4.78 is 23.6. The number of halogens is 2. The van der Waals surface area contributed by atoms with E-state index in [1.54, 1.807) is 32.4 Å². The summed E-state index contributed by atoms with van der Waals surface area (Å²) in [6, 6.07) is 9.44. The van der Waals surface area contributed by atoms with Crippen LogP contribution < -0.4 is 9.47 Å². The second-order valence-corrected chi connectivity index (χ2v) is 8.95. The van der Waals surface area contributed by atoms with Crippen molar-refractivity contribution >= 4 is 34.0 Å². The Balaban J connectivity index is 1.80. The largest absolute Gasteiger partial charge is 0.493 e. The van der Waals surface area contributed by atoms with E-state index in [4.69, 9.17) is 32.7 Å². The topological polar surface area (TPSA) is 38.8 Å². The van der Waals surface area contributed by atoms with Crippen LogP contribution in [0.1, 0.15) is 23.6 Å². The number of rotatable bonds is 6. The summed E-state index contributed by atoms with van der Waals surface area (Å²) in [4.78, 5) is 3.01. The van der Waals surface area contributed by atoms with Crippen molar-refractivity contribution in [3.8, 4) is 11.5 Å². The van der Waals surface area contributed by atoms with Crippen LogP contribution in [0, 0.1) is 0 Å². The fourth-order valence-corrected chi connectivity index (χ4v) is 4.99. The Kier molecular flexibility index (Phi) is 6.69. The molecule has 0 aromatic heterocycles. The normalized spacial score (nSPS) is 18.0. The number of hydrogen-bond donors (Lipinski definition) is 0. The molecule has 0 radical (unpaired) electrons. The van der Waals surface area contributed by atoms with Gasteiger partial charge in [0.25, 0.3) is 0 Å². The third-order valence-corrected chi connectivity index (χ3v) is 7.13. The molecule has 27 heavy (non-hydrogen) atoms. The van der Waals surface area contributed by atoms with Crippen molar-refractivity contribution in [2.45, 2.75) is 23.8 Å². The first kappa shape index (κ1) is 20.5. The predicted octanol–water partition coefficient (Wildman–Crippen LogP) is 4.74. The predicted molar refractivity (Wildman–Crippen MR) is 111 cm³/mol. The van der Waals surface area contributed by atoms with E-state index in [0.29, 0.717) is 20.7 Å². The van der Waals surface area contributed by atoms with Gasteiger partial charge in [-0.3, -0.25) is 9.11 Å². The van der Waals surface area contributed by atoms with E-state index in [0.717, 1.165) is 30.9 Å². The van der Waals surface area contributed by atoms with Crippen molar-refractivity contribution in [2.75, 3.05) is 33.6 Å². The Labute approximate surface area is 172 Å². The molecule has 0 N–H and O–H groups in total. The third kappa shape index (κ3) is 4.43. The summed E-state index contributed by atoms with van der Waals surface area (Å²) in [6.07, 6.45) is 1.73. The molecule has 2 aromatic carbocycles. The lowest BCUT2D eigenvalue weighted by molar-refractivity contribution is 0.224. The second kappa shape index (κ2) is 8.82. The number of benzene rings is 2. The lowest BCUT2D eigenvalue weighted by atomic mass is 9.91. The van der Waals surface area contributed by atoms with Crippen LogP contribution in [0.15, 0.2) is 35.2 Å². The number of likely N-dealkylation sites (N-methyl/N-ethyl adjacent to an activating group) is 1. The van der Waals surface area contributed by atoms with Gasteiger partial charge in [-0.05, 0) is 61.3 Å². The molecule has 1 aliphatic rings. The van der Waals surface area contributed by atoms with Crippen LogP contribution in [0.4, 0.5) is 0 Å². The Morgan fingerprint density at radius 1 is 1.11 bits per heavy atom. The summed E-state index contributed by atoms with van der Waals surface area (Å²) in [6.45, 7) is 0.951. The molecule has 0 amide bonds. The summed E-state index contributed by atoms with van der Waals surface area (Å²) in [5, 5.41) is 0.902. The Morgan fingerprint density at radius 2 is 1.81 bits per heavy atom. The van der Waals surface area contributed by atoms with Gasteiger partial charge in [0.15, 0.2) is 11.5 Å². The van der Waals surface area contributed by atoms with Crippen molar-refractivity contribution < 1.29 is 13.7 Å². The van der Waals surface area contributed by atoms with Crippen LogP contribution in [0.3, 0.4) is 0 Å². The summed E-state index contributed by atoms with van der Waals surface area (Å²) in [7, 11) is 4.26. The minimum Gasteiger partial charge on any atom is -0.493 e. The van der Waals surface area contributed by atoms with Crippen molar-refractivity contribution in [1.82, 2.24) is 4.90 Å². The highest BCUT2D eigenvalue weighted by atomic mass is 35.5. The molecule has 7 heteroatoms. The maximum Gasteiger partial charge on any atom is 0.161 e. The number of nitrogens with zero attached hydrogens (tertiary/aromatic N) is 1. The standard InChI is InChI=1S/C20H23Cl2NO3S/c1-23-8-6-13-10-19(25-2)20(26-3)12-15(13)18(23)7-9-27(24)14-4-5-16(21)17(22)11-14/h4-5,10-12,18H,6-9H2,1-3H3. The van der Waals surface area contributed by atoms with Gasteiger partial charge in [0.1, 0.15) is 0 Å². The van der Waals surface area contributed by atoms with Gasteiger partial charge in [-0.15, -0.1) is 0 Å². The van der Waals surface area contributed by atoms with Crippen LogP contribution in [0.5, 0.6) is 11.5 Å². The van der Waals surface area contributed by atoms with E-state index in [9.17, 15) is 4.21 Å². The van der Waals surface area contributed by atoms with Gasteiger partial charge >= 0.3 is 0 Å². The molecule has 0 fully saturated rings. The smallest absolute Gasteiger partial charge is 0.161 e. The first-order valence-electron chi connectivity index (χ1n) is 8.73. The monoisotopic (exact) mass is 427 g/mol. The fraction of sp³-hybridized carbons (Fsp3) is 0.400. The van der Waals surface area contributed by atoms with Gasteiger partial charge in [-0.1, -0.05) is 23.2 Å². The molecular weight excluding hydrogens is 405 g/mol. The summed E-state index contributed by atoms with van der Waals surface area (Å²) in [5.74, 6) is 2.02. The van der Waals surface area contributed by atoms with Gasteiger partial charge < -0.3 is 9.47 Å². The number of fused-ring (bicyclic) bond motifs is 1. The fourth-order valence-electron chi connectivity index (χ4n) is 3.48. The molecule has 0 saturated heterocycles. The molecule has 4 nitrogen and oxygen atoms in total. The molecule has 3 rings (SSSR count). The van der Waals surface area contributed by atoms with Gasteiger partial charge in [0.05, 0.1) is 35.1 Å². The van der Waals surface area contributed by atoms with Gasteiger partial charge in [-0.2, -0.15) is 0 Å². The minimum absolute atomic E-state index is 0.181. The maximum atomic E-state index is 12.7. The average Bonchev–Trinajstić information content (AvgIpc) is 2.68. The molecular formula is C20H23Cl2NO3S. The average molecular weight is 428 g/mol. The zero-order valence-corrected chi connectivity index (χ0v) is 18.0. The van der Waals surface area contributed by atoms with Crippen LogP contribution in [-0.2, 0) is 17.2 Å². The van der Waals surface area contributed by atoms with Crippen LogP contribution in [0.25, 0.3) is 0 Å². The minimum atomic E-state index is -1.13. The summed E-state index contributed by atoms with van der Waals surface area (Å²) >= 11 is 12.0. The van der Waals surface area contributed by atoms with Crippen molar-refractivity contribution in [2.24, 2.45) is 0 Å². The Morgan fingerprint density at radius 3 is 2.48 bits per heavy atom. The van der Waals surface area contributed by atoms with Crippen LogP contribution in [-0.4, -0.2) is 42.7 Å². The first-order chi connectivity index (χ1) is 12.9. The zero-order valence-electron chi connectivity index (χ0n) is 15.6. The quantitative estimate of drug-likeness (QED) is 0.667. The molecule has 0 spiro atoms. The third-order valence-electron chi connectivity index (χ3n) is 5.00. The first-order valence-corrected chi connectivity index (χ1v) is 10.8. The lowest BCUT2D eigenvalue weighted by Crippen LogP contribution is -2.33. The second-order valence-electron chi connectivity index (χ2n) is 6.57. The van der Waals surface area contributed by atoms with Crippen molar-refractivity contribution in [1.29, 1.82) is 0 Å². The van der Waals surface area contributed by atoms with E-state index >= 15 is 0 Å². The Hall–Kier alpha value is -1.27. The molecule has 146 valence electrons. The molecule has 0 bridgehead atoms. The Bertz CT molecular complexity index is 859. The van der Waals surface area contributed by atoms with Crippen LogP contribution in [0.2, 0.25) is 10.0 Å². The van der Waals surface area contributed by atoms with Gasteiger partial charge in [0, 0.05) is 23.2 Å². The van der Waals surface area contributed by atoms with E-state index in [2.05, 4.69) is 24.1 Å². The molecule has 0 aliphatic carbocycles. The summed E-state index contributed by atoms with van der Waals surface area (Å²) in [5.41, 5.74) is 2.48. The maximum absolute atomic E-state index is 12.7. The number of methoxy groups -OCH3 is 2. The van der Waals surface area contributed by atoms with E-state index < -0.39 is 10.8 Å². The highest BCUT2D eigenvalue weighted by Crippen LogP contribution is 2.39. The van der Waals surface area contributed by atoms with Gasteiger partial charge in [0.2, 0.25) is 0 Å². The highest BCUT2D eigenvalue weighted by molar-refractivity contribution is 7.85. The molecule has 2 unspecified atom stereocenters. The van der Waals surface area contributed by atoms with E-state index in [-0.39, 0.29) is 6.04 Å². The molecule has 2 atom stereocenters. The molecule has 0 saturated carbocycles. The molecule has 1 heterocycles. The van der Waals surface area contributed by atoms with E-state index in [1.807, 2.05) is 0 Å². The number of hydrogen-bond acceptors (Lipinski definition) is 4. The van der Waals surface area contributed by atoms with Crippen LogP contribution >= 0.6 is 23.2 Å². The van der Waals surface area contributed by atoms with E-state index in [1.165, 1.54) is 11.1 Å². The number of ether oxygens (including phenoxy) is 2. The molecule has 2 aromatic rings. The SMILES string of the molecule is COc1cc2c(cc1OC)C(CCS(=O)c1ccc(Cl)c(Cl)c1)N(C)CC2.